The Balaban J connectivity index is 1.96. The van der Waals surface area contributed by atoms with Crippen LogP contribution >= 0.6 is 0 Å². The highest BCUT2D eigenvalue weighted by atomic mass is 16.5. The van der Waals surface area contributed by atoms with Crippen LogP contribution in [0.1, 0.15) is 42.4 Å². The van der Waals surface area contributed by atoms with Crippen LogP contribution in [-0.4, -0.2) is 23.5 Å². The fourth-order valence-electron chi connectivity index (χ4n) is 2.96. The highest BCUT2D eigenvalue weighted by Gasteiger charge is 2.32. The van der Waals surface area contributed by atoms with Crippen molar-refractivity contribution >= 4 is 11.6 Å². The molecule has 0 aromatic heterocycles. The highest BCUT2D eigenvalue weighted by molar-refractivity contribution is 6.01. The molecule has 0 saturated heterocycles. The molecule has 1 aliphatic rings. The quantitative estimate of drug-likeness (QED) is 0.783. The second kappa shape index (κ2) is 7.43. The average Bonchev–Trinajstić information content (AvgIpc) is 2.64. The topological polar surface area (TPSA) is 41.6 Å². The zero-order valence-electron chi connectivity index (χ0n) is 14.7. The minimum Gasteiger partial charge on any atom is -0.491 e. The lowest BCUT2D eigenvalue weighted by Crippen LogP contribution is -2.42. The van der Waals surface area contributed by atoms with Gasteiger partial charge in [0.05, 0.1) is 11.7 Å². The number of rotatable bonds is 6. The number of hydrogen-bond donors (Lipinski definition) is 1. The van der Waals surface area contributed by atoms with Crippen LogP contribution in [0.25, 0.3) is 0 Å². The number of nitrogens with zero attached hydrogens (tertiary/aromatic N) is 1. The third-order valence-electron chi connectivity index (χ3n) is 4.43. The fraction of sp³-hybridized carbons (Fsp3) is 0.286. The summed E-state index contributed by atoms with van der Waals surface area (Å²) in [4.78, 5) is 14.7. The van der Waals surface area contributed by atoms with Crippen LogP contribution in [0.3, 0.4) is 0 Å². The minimum absolute atomic E-state index is 0.00694. The number of ether oxygens (including phenoxy) is 1. The monoisotopic (exact) mass is 336 g/mol. The Morgan fingerprint density at radius 3 is 2.84 bits per heavy atom. The number of carbonyl (C=O) groups is 1. The first-order chi connectivity index (χ1) is 12.1. The number of anilines is 1. The summed E-state index contributed by atoms with van der Waals surface area (Å²) in [6.45, 7) is 8.42. The molecule has 0 aliphatic carbocycles. The molecule has 1 heterocycles. The molecule has 1 amide bonds. The maximum atomic E-state index is 12.9. The Labute approximate surface area is 149 Å². The lowest BCUT2D eigenvalue weighted by Gasteiger charge is -2.37. The van der Waals surface area contributed by atoms with Gasteiger partial charge >= 0.3 is 0 Å². The molecule has 0 radical (unpaired) electrons. The first-order valence-electron chi connectivity index (χ1n) is 8.68. The Morgan fingerprint density at radius 2 is 2.08 bits per heavy atom. The molecule has 0 spiro atoms. The van der Waals surface area contributed by atoms with E-state index in [4.69, 9.17) is 4.74 Å². The van der Waals surface area contributed by atoms with Gasteiger partial charge in [0.2, 0.25) is 0 Å². The first-order valence-corrected chi connectivity index (χ1v) is 8.68. The van der Waals surface area contributed by atoms with E-state index < -0.39 is 0 Å². The van der Waals surface area contributed by atoms with Crippen molar-refractivity contribution < 1.29 is 9.53 Å². The lowest BCUT2D eigenvalue weighted by atomic mass is 10.0. The van der Waals surface area contributed by atoms with E-state index in [1.807, 2.05) is 48.5 Å². The summed E-state index contributed by atoms with van der Waals surface area (Å²) in [6.07, 6.45) is 2.60. The zero-order valence-corrected chi connectivity index (χ0v) is 14.7. The Kier molecular flexibility index (Phi) is 5.08. The molecular formula is C21H24N2O2. The molecule has 3 rings (SSSR count). The molecule has 1 aliphatic heterocycles. The van der Waals surface area contributed by atoms with Crippen LogP contribution in [-0.2, 0) is 0 Å². The fourth-order valence-corrected chi connectivity index (χ4v) is 2.96. The van der Waals surface area contributed by atoms with E-state index in [2.05, 4.69) is 25.7 Å². The number of fused-ring (bicyclic) bond motifs is 1. The maximum Gasteiger partial charge on any atom is 0.258 e. The summed E-state index contributed by atoms with van der Waals surface area (Å²) in [6, 6.07) is 15.5. The lowest BCUT2D eigenvalue weighted by molar-refractivity contribution is 0.0707. The van der Waals surface area contributed by atoms with Crippen molar-refractivity contribution in [2.24, 2.45) is 0 Å². The van der Waals surface area contributed by atoms with E-state index in [9.17, 15) is 4.79 Å². The molecule has 0 fully saturated rings. The Hall–Kier alpha value is -2.75. The van der Waals surface area contributed by atoms with Crippen LogP contribution in [0.5, 0.6) is 5.75 Å². The summed E-state index contributed by atoms with van der Waals surface area (Å²) in [5.41, 5.74) is 2.53. The largest absolute Gasteiger partial charge is 0.491 e. The van der Waals surface area contributed by atoms with Gasteiger partial charge in [-0.15, -0.1) is 6.58 Å². The van der Waals surface area contributed by atoms with Crippen molar-refractivity contribution in [1.82, 2.24) is 4.90 Å². The van der Waals surface area contributed by atoms with Gasteiger partial charge in [0.15, 0.2) is 0 Å². The molecule has 2 aromatic rings. The van der Waals surface area contributed by atoms with E-state index in [0.717, 1.165) is 23.4 Å². The highest BCUT2D eigenvalue weighted by Crippen LogP contribution is 2.34. The number of amides is 1. The van der Waals surface area contributed by atoms with Crippen LogP contribution in [0.2, 0.25) is 0 Å². The second-order valence-corrected chi connectivity index (χ2v) is 6.25. The van der Waals surface area contributed by atoms with E-state index in [1.165, 1.54) is 0 Å². The van der Waals surface area contributed by atoms with Crippen LogP contribution in [0.15, 0.2) is 61.2 Å². The normalized spacial score (nSPS) is 17.4. The van der Waals surface area contributed by atoms with Crippen LogP contribution < -0.4 is 10.1 Å². The third kappa shape index (κ3) is 3.53. The minimum atomic E-state index is -0.249. The van der Waals surface area contributed by atoms with Gasteiger partial charge in [0.25, 0.3) is 5.91 Å². The number of para-hydroxylation sites is 1. The van der Waals surface area contributed by atoms with Gasteiger partial charge < -0.3 is 15.0 Å². The van der Waals surface area contributed by atoms with E-state index in [-0.39, 0.29) is 18.2 Å². The number of nitrogens with one attached hydrogen (secondary N) is 1. The predicted molar refractivity (Wildman–Crippen MR) is 101 cm³/mol. The Bertz CT molecular complexity index is 772. The van der Waals surface area contributed by atoms with Crippen molar-refractivity contribution in [3.8, 4) is 5.75 Å². The molecular weight excluding hydrogens is 312 g/mol. The van der Waals surface area contributed by atoms with Crippen molar-refractivity contribution in [2.45, 2.75) is 32.5 Å². The van der Waals surface area contributed by atoms with E-state index in [0.29, 0.717) is 12.1 Å². The van der Waals surface area contributed by atoms with Gasteiger partial charge in [-0.2, -0.15) is 0 Å². The number of benzene rings is 2. The predicted octanol–water partition coefficient (Wildman–Crippen LogP) is 4.62. The van der Waals surface area contributed by atoms with Crippen LogP contribution in [0, 0.1) is 0 Å². The summed E-state index contributed by atoms with van der Waals surface area (Å²) in [5, 5.41) is 3.47. The molecule has 4 heteroatoms. The van der Waals surface area contributed by atoms with Crippen molar-refractivity contribution in [1.29, 1.82) is 0 Å². The summed E-state index contributed by atoms with van der Waals surface area (Å²) >= 11 is 0. The van der Waals surface area contributed by atoms with Gasteiger partial charge in [-0.25, -0.2) is 0 Å². The van der Waals surface area contributed by atoms with Crippen molar-refractivity contribution in [3.05, 3.63) is 72.3 Å². The molecule has 130 valence electrons. The zero-order chi connectivity index (χ0) is 17.8. The van der Waals surface area contributed by atoms with Gasteiger partial charge in [-0.3, -0.25) is 4.79 Å². The second-order valence-electron chi connectivity index (χ2n) is 6.25. The van der Waals surface area contributed by atoms with Crippen molar-refractivity contribution in [3.63, 3.8) is 0 Å². The third-order valence-corrected chi connectivity index (χ3v) is 4.43. The molecule has 4 nitrogen and oxygen atoms in total. The summed E-state index contributed by atoms with van der Waals surface area (Å²) in [7, 11) is 0. The molecule has 2 aromatic carbocycles. The van der Waals surface area contributed by atoms with E-state index >= 15 is 0 Å². The average molecular weight is 336 g/mol. The molecule has 0 bridgehead atoms. The molecule has 1 N–H and O–H groups in total. The number of hydrogen-bond acceptors (Lipinski definition) is 3. The molecule has 0 saturated carbocycles. The first kappa shape index (κ1) is 17.1. The van der Waals surface area contributed by atoms with Gasteiger partial charge in [-0.1, -0.05) is 37.3 Å². The van der Waals surface area contributed by atoms with Gasteiger partial charge in [-0.05, 0) is 43.2 Å². The summed E-state index contributed by atoms with van der Waals surface area (Å²) in [5.74, 6) is 0.825. The maximum absolute atomic E-state index is 12.9. The van der Waals surface area contributed by atoms with Crippen molar-refractivity contribution in [2.75, 3.05) is 11.9 Å². The molecule has 2 atom stereocenters. The van der Waals surface area contributed by atoms with E-state index in [1.54, 1.807) is 11.0 Å². The number of carbonyl (C=O) groups excluding carboxylic acids is 1. The van der Waals surface area contributed by atoms with Gasteiger partial charge in [0.1, 0.15) is 11.9 Å². The van der Waals surface area contributed by atoms with Crippen LogP contribution in [0.4, 0.5) is 5.69 Å². The van der Waals surface area contributed by atoms with Gasteiger partial charge in [0, 0.05) is 12.2 Å². The molecule has 2 unspecified atom stereocenters. The Morgan fingerprint density at radius 1 is 1.28 bits per heavy atom. The molecule has 25 heavy (non-hydrogen) atoms. The summed E-state index contributed by atoms with van der Waals surface area (Å²) < 4.78 is 5.94. The SMILES string of the molecule is C=CCN1C(=O)c2ccccc2NC1c1cccc(OC(C)CC)c1. The smallest absolute Gasteiger partial charge is 0.258 e. The standard InChI is InChI=1S/C21H24N2O2/c1-4-13-23-20(22-19-12-7-6-11-18(19)21(23)24)16-9-8-10-17(14-16)25-15(3)5-2/h4,6-12,14-15,20,22H,1,5,13H2,2-3H3.